The first-order chi connectivity index (χ1) is 7.20. The molecule has 78 valence electrons. The normalized spacial score (nSPS) is 18.5. The Bertz CT molecular complexity index is 417. The Morgan fingerprint density at radius 1 is 1.53 bits per heavy atom. The second-order valence-corrected chi connectivity index (χ2v) is 3.22. The largest absolute Gasteiger partial charge is 0.479 e. The number of rotatable bonds is 2. The van der Waals surface area contributed by atoms with Crippen LogP contribution in [0.4, 0.5) is 11.4 Å². The number of nitrogens with one attached hydrogen (secondary N) is 2. The summed E-state index contributed by atoms with van der Waals surface area (Å²) in [7, 11) is 0. The van der Waals surface area contributed by atoms with Crippen LogP contribution in [0.2, 0.25) is 0 Å². The van der Waals surface area contributed by atoms with Gasteiger partial charge in [-0.15, -0.1) is 0 Å². The van der Waals surface area contributed by atoms with E-state index in [1.165, 1.54) is 0 Å². The van der Waals surface area contributed by atoms with Crippen molar-refractivity contribution in [3.05, 3.63) is 18.2 Å². The van der Waals surface area contributed by atoms with Crippen molar-refractivity contribution < 1.29 is 14.3 Å². The molecule has 1 aromatic rings. The van der Waals surface area contributed by atoms with Crippen LogP contribution in [0.5, 0.6) is 5.75 Å². The Labute approximate surface area is 86.4 Å². The molecule has 2 N–H and O–H groups in total. The highest BCUT2D eigenvalue weighted by atomic mass is 16.5. The lowest BCUT2D eigenvalue weighted by molar-refractivity contribution is -0.122. The van der Waals surface area contributed by atoms with Gasteiger partial charge in [0.05, 0.1) is 5.69 Å². The third kappa shape index (κ3) is 1.76. The van der Waals surface area contributed by atoms with Gasteiger partial charge in [0.25, 0.3) is 5.91 Å². The van der Waals surface area contributed by atoms with E-state index < -0.39 is 6.10 Å². The van der Waals surface area contributed by atoms with Crippen molar-refractivity contribution in [2.75, 3.05) is 10.6 Å². The lowest BCUT2D eigenvalue weighted by Gasteiger charge is -2.23. The smallest absolute Gasteiger partial charge is 0.265 e. The first-order valence-corrected chi connectivity index (χ1v) is 4.52. The van der Waals surface area contributed by atoms with Crippen molar-refractivity contribution >= 4 is 23.7 Å². The molecule has 0 fully saturated rings. The summed E-state index contributed by atoms with van der Waals surface area (Å²) in [6.07, 6.45) is 0.0953. The Morgan fingerprint density at radius 2 is 2.33 bits per heavy atom. The van der Waals surface area contributed by atoms with E-state index in [0.29, 0.717) is 23.5 Å². The van der Waals surface area contributed by atoms with Gasteiger partial charge < -0.3 is 15.4 Å². The number of hydrogen-bond donors (Lipinski definition) is 2. The monoisotopic (exact) mass is 206 g/mol. The predicted octanol–water partition coefficient (Wildman–Crippen LogP) is 0.974. The highest BCUT2D eigenvalue weighted by Crippen LogP contribution is 2.31. The van der Waals surface area contributed by atoms with Crippen LogP contribution in [0, 0.1) is 0 Å². The highest BCUT2D eigenvalue weighted by Gasteiger charge is 2.23. The zero-order chi connectivity index (χ0) is 10.8. The molecule has 1 aromatic carbocycles. The van der Waals surface area contributed by atoms with E-state index in [2.05, 4.69) is 10.6 Å². The van der Waals surface area contributed by atoms with Gasteiger partial charge in [-0.25, -0.2) is 0 Å². The van der Waals surface area contributed by atoms with E-state index >= 15 is 0 Å². The molecule has 2 amide bonds. The number of carbonyl (C=O) groups excluding carboxylic acids is 2. The van der Waals surface area contributed by atoms with Crippen molar-refractivity contribution in [2.45, 2.75) is 13.0 Å². The third-order valence-electron chi connectivity index (χ3n) is 2.14. The minimum Gasteiger partial charge on any atom is -0.479 e. The molecule has 1 aliphatic heterocycles. The summed E-state index contributed by atoms with van der Waals surface area (Å²) >= 11 is 0. The number of carbonyl (C=O) groups is 2. The van der Waals surface area contributed by atoms with Gasteiger partial charge in [0, 0.05) is 5.69 Å². The van der Waals surface area contributed by atoms with Crippen molar-refractivity contribution in [2.24, 2.45) is 0 Å². The maximum Gasteiger partial charge on any atom is 0.265 e. The SMILES string of the molecule is CC1Oc2ccc(NC=O)cc2NC1=O. The van der Waals surface area contributed by atoms with Crippen LogP contribution in [0.15, 0.2) is 18.2 Å². The molecule has 5 heteroatoms. The fraction of sp³-hybridized carbons (Fsp3) is 0.200. The average molecular weight is 206 g/mol. The molecule has 1 aliphatic rings. The van der Waals surface area contributed by atoms with E-state index in [1.807, 2.05) is 0 Å². The van der Waals surface area contributed by atoms with E-state index in [-0.39, 0.29) is 5.91 Å². The Morgan fingerprint density at radius 3 is 3.07 bits per heavy atom. The lowest BCUT2D eigenvalue weighted by Crippen LogP contribution is -2.34. The van der Waals surface area contributed by atoms with Gasteiger partial charge in [-0.2, -0.15) is 0 Å². The Kier molecular flexibility index (Phi) is 2.29. The average Bonchev–Trinajstić information content (AvgIpc) is 2.21. The summed E-state index contributed by atoms with van der Waals surface area (Å²) in [5.74, 6) is 0.421. The van der Waals surface area contributed by atoms with Gasteiger partial charge in [0.2, 0.25) is 6.41 Å². The number of benzene rings is 1. The summed E-state index contributed by atoms with van der Waals surface area (Å²) in [6, 6.07) is 5.06. The topological polar surface area (TPSA) is 67.4 Å². The van der Waals surface area contributed by atoms with Gasteiger partial charge in [0.1, 0.15) is 5.75 Å². The highest BCUT2D eigenvalue weighted by molar-refractivity contribution is 5.98. The van der Waals surface area contributed by atoms with Gasteiger partial charge in [-0.1, -0.05) is 0 Å². The van der Waals surface area contributed by atoms with Crippen LogP contribution in [0.3, 0.4) is 0 Å². The molecule has 15 heavy (non-hydrogen) atoms. The summed E-state index contributed by atoms with van der Waals surface area (Å²) < 4.78 is 5.35. The van der Waals surface area contributed by atoms with E-state index in [9.17, 15) is 9.59 Å². The second-order valence-electron chi connectivity index (χ2n) is 3.22. The number of anilines is 2. The van der Waals surface area contributed by atoms with Crippen molar-refractivity contribution in [1.29, 1.82) is 0 Å². The fourth-order valence-electron chi connectivity index (χ4n) is 1.37. The third-order valence-corrected chi connectivity index (χ3v) is 2.14. The van der Waals surface area contributed by atoms with E-state index in [4.69, 9.17) is 4.74 Å². The Hall–Kier alpha value is -2.04. The van der Waals surface area contributed by atoms with E-state index in [0.717, 1.165) is 0 Å². The molecule has 0 aliphatic carbocycles. The molecule has 2 rings (SSSR count). The molecule has 1 atom stereocenters. The molecule has 1 heterocycles. The van der Waals surface area contributed by atoms with Gasteiger partial charge >= 0.3 is 0 Å². The van der Waals surface area contributed by atoms with Crippen LogP contribution in [-0.4, -0.2) is 18.4 Å². The second kappa shape index (κ2) is 3.61. The van der Waals surface area contributed by atoms with Crippen LogP contribution < -0.4 is 15.4 Å². The fourth-order valence-corrected chi connectivity index (χ4v) is 1.37. The number of amides is 2. The van der Waals surface area contributed by atoms with Crippen molar-refractivity contribution in [1.82, 2.24) is 0 Å². The first-order valence-electron chi connectivity index (χ1n) is 4.52. The van der Waals surface area contributed by atoms with Gasteiger partial charge in [-0.05, 0) is 25.1 Å². The standard InChI is InChI=1S/C10H10N2O3/c1-6-10(14)12-8-4-7(11-5-13)2-3-9(8)15-6/h2-6H,1H3,(H,11,13)(H,12,14). The predicted molar refractivity (Wildman–Crippen MR) is 54.8 cm³/mol. The summed E-state index contributed by atoms with van der Waals surface area (Å²) in [5, 5.41) is 5.18. The zero-order valence-electron chi connectivity index (χ0n) is 8.11. The first kappa shape index (κ1) is 9.51. The number of ether oxygens (including phenoxy) is 1. The molecule has 0 saturated heterocycles. The molecule has 5 nitrogen and oxygen atoms in total. The maximum atomic E-state index is 11.3. The molecule has 0 aromatic heterocycles. The zero-order valence-corrected chi connectivity index (χ0v) is 8.11. The molecular formula is C10H10N2O3. The van der Waals surface area contributed by atoms with Crippen molar-refractivity contribution in [3.63, 3.8) is 0 Å². The summed E-state index contributed by atoms with van der Waals surface area (Å²) in [6.45, 7) is 1.68. The lowest BCUT2D eigenvalue weighted by atomic mass is 10.2. The summed E-state index contributed by atoms with van der Waals surface area (Å²) in [5.41, 5.74) is 1.19. The van der Waals surface area contributed by atoms with Crippen LogP contribution in [-0.2, 0) is 9.59 Å². The molecular weight excluding hydrogens is 196 g/mol. The Balaban J connectivity index is 2.32. The van der Waals surface area contributed by atoms with Crippen LogP contribution in [0.25, 0.3) is 0 Å². The molecule has 0 spiro atoms. The van der Waals surface area contributed by atoms with Crippen LogP contribution in [0.1, 0.15) is 6.92 Å². The molecule has 0 saturated carbocycles. The van der Waals surface area contributed by atoms with E-state index in [1.54, 1.807) is 25.1 Å². The molecule has 0 radical (unpaired) electrons. The van der Waals surface area contributed by atoms with Crippen LogP contribution >= 0.6 is 0 Å². The van der Waals surface area contributed by atoms with Gasteiger partial charge in [0.15, 0.2) is 6.10 Å². The quantitative estimate of drug-likeness (QED) is 0.708. The summed E-state index contributed by atoms with van der Waals surface area (Å²) in [4.78, 5) is 21.5. The number of fused-ring (bicyclic) bond motifs is 1. The molecule has 0 bridgehead atoms. The minimum atomic E-state index is -0.484. The maximum absolute atomic E-state index is 11.3. The van der Waals surface area contributed by atoms with Crippen molar-refractivity contribution in [3.8, 4) is 5.75 Å². The molecule has 1 unspecified atom stereocenters. The van der Waals surface area contributed by atoms with Gasteiger partial charge in [-0.3, -0.25) is 9.59 Å². The minimum absolute atomic E-state index is 0.189. The number of hydrogen-bond acceptors (Lipinski definition) is 3.